The van der Waals surface area contributed by atoms with E-state index in [0.29, 0.717) is 0 Å². The number of hydrogen-bond acceptors (Lipinski definition) is 4. The SMILES string of the molecule is CN(C)CCCOc1ccc(-c2cnc3[nH]cc(N)c3c2)cc1. The van der Waals surface area contributed by atoms with E-state index in [4.69, 9.17) is 10.5 Å². The molecule has 5 nitrogen and oxygen atoms in total. The van der Waals surface area contributed by atoms with Crippen molar-refractivity contribution in [2.45, 2.75) is 6.42 Å². The molecule has 0 spiro atoms. The van der Waals surface area contributed by atoms with Crippen LogP contribution in [0, 0.1) is 0 Å². The van der Waals surface area contributed by atoms with Gasteiger partial charge in [0.25, 0.3) is 0 Å². The highest BCUT2D eigenvalue weighted by molar-refractivity contribution is 5.91. The normalized spacial score (nSPS) is 11.3. The summed E-state index contributed by atoms with van der Waals surface area (Å²) < 4.78 is 5.76. The number of pyridine rings is 1. The molecule has 3 rings (SSSR count). The molecule has 0 amide bonds. The summed E-state index contributed by atoms with van der Waals surface area (Å²) in [4.78, 5) is 9.61. The van der Waals surface area contributed by atoms with E-state index in [1.807, 2.05) is 30.5 Å². The quantitative estimate of drug-likeness (QED) is 0.686. The van der Waals surface area contributed by atoms with Gasteiger partial charge >= 0.3 is 0 Å². The van der Waals surface area contributed by atoms with Gasteiger partial charge in [-0.05, 0) is 44.3 Å². The minimum absolute atomic E-state index is 0.718. The van der Waals surface area contributed by atoms with Crippen LogP contribution in [0.25, 0.3) is 22.2 Å². The van der Waals surface area contributed by atoms with Crippen LogP contribution in [0.1, 0.15) is 6.42 Å². The Balaban J connectivity index is 1.69. The number of hydrogen-bond donors (Lipinski definition) is 2. The molecule has 0 atom stereocenters. The average molecular weight is 310 g/mol. The molecule has 0 aliphatic rings. The van der Waals surface area contributed by atoms with Gasteiger partial charge in [-0.15, -0.1) is 0 Å². The van der Waals surface area contributed by atoms with Crippen molar-refractivity contribution in [2.75, 3.05) is 33.0 Å². The number of nitrogen functional groups attached to an aromatic ring is 1. The minimum atomic E-state index is 0.718. The van der Waals surface area contributed by atoms with Gasteiger partial charge in [0.1, 0.15) is 11.4 Å². The van der Waals surface area contributed by atoms with Crippen molar-refractivity contribution in [3.8, 4) is 16.9 Å². The van der Waals surface area contributed by atoms with Gasteiger partial charge in [0.15, 0.2) is 0 Å². The first-order valence-electron chi connectivity index (χ1n) is 7.74. The van der Waals surface area contributed by atoms with Gasteiger partial charge in [0.2, 0.25) is 0 Å². The van der Waals surface area contributed by atoms with Crippen LogP contribution in [0.2, 0.25) is 0 Å². The van der Waals surface area contributed by atoms with Gasteiger partial charge in [0, 0.05) is 29.9 Å². The molecule has 0 aliphatic heterocycles. The van der Waals surface area contributed by atoms with Crippen LogP contribution >= 0.6 is 0 Å². The molecule has 5 heteroatoms. The first-order valence-corrected chi connectivity index (χ1v) is 7.74. The second kappa shape index (κ2) is 6.71. The molecular formula is C18H22N4O. The van der Waals surface area contributed by atoms with Crippen molar-refractivity contribution in [3.63, 3.8) is 0 Å². The lowest BCUT2D eigenvalue weighted by Crippen LogP contribution is -2.15. The topological polar surface area (TPSA) is 67.2 Å². The van der Waals surface area contributed by atoms with Gasteiger partial charge in [-0.2, -0.15) is 0 Å². The molecule has 3 N–H and O–H groups in total. The Hall–Kier alpha value is -2.53. The number of nitrogens with two attached hydrogens (primary N) is 1. The van der Waals surface area contributed by atoms with Crippen LogP contribution in [0.5, 0.6) is 5.75 Å². The maximum Gasteiger partial charge on any atom is 0.139 e. The fraction of sp³-hybridized carbons (Fsp3) is 0.278. The molecule has 1 aromatic carbocycles. The van der Waals surface area contributed by atoms with E-state index in [0.717, 1.165) is 53.2 Å². The third kappa shape index (κ3) is 3.63. The van der Waals surface area contributed by atoms with Crippen LogP contribution in [0.3, 0.4) is 0 Å². The lowest BCUT2D eigenvalue weighted by Gasteiger charge is -2.10. The van der Waals surface area contributed by atoms with Crippen molar-refractivity contribution in [3.05, 3.63) is 42.7 Å². The molecule has 0 radical (unpaired) electrons. The number of benzene rings is 1. The summed E-state index contributed by atoms with van der Waals surface area (Å²) in [6.45, 7) is 1.76. The summed E-state index contributed by atoms with van der Waals surface area (Å²) in [6, 6.07) is 10.1. The molecule has 0 saturated carbocycles. The fourth-order valence-electron chi connectivity index (χ4n) is 2.50. The Labute approximate surface area is 136 Å². The van der Waals surface area contributed by atoms with Crippen LogP contribution in [-0.4, -0.2) is 42.1 Å². The number of nitrogens with one attached hydrogen (secondary N) is 1. The van der Waals surface area contributed by atoms with Crippen LogP contribution in [0.15, 0.2) is 42.7 Å². The highest BCUT2D eigenvalue weighted by atomic mass is 16.5. The largest absolute Gasteiger partial charge is 0.494 e. The third-order valence-electron chi connectivity index (χ3n) is 3.77. The summed E-state index contributed by atoms with van der Waals surface area (Å²) in [5.41, 5.74) is 9.61. The summed E-state index contributed by atoms with van der Waals surface area (Å²) in [5, 5.41) is 0.950. The highest BCUT2D eigenvalue weighted by Crippen LogP contribution is 2.27. The lowest BCUT2D eigenvalue weighted by molar-refractivity contribution is 0.281. The molecule has 0 saturated heterocycles. The van der Waals surface area contributed by atoms with Gasteiger partial charge in [-0.1, -0.05) is 12.1 Å². The third-order valence-corrected chi connectivity index (χ3v) is 3.77. The van der Waals surface area contributed by atoms with Gasteiger partial charge in [0.05, 0.1) is 12.3 Å². The van der Waals surface area contributed by atoms with Crippen molar-refractivity contribution in [1.82, 2.24) is 14.9 Å². The molecule has 0 fully saturated rings. The number of aromatic nitrogens is 2. The number of H-pyrrole nitrogens is 1. The van der Waals surface area contributed by atoms with Crippen molar-refractivity contribution >= 4 is 16.7 Å². The maximum absolute atomic E-state index is 5.94. The van der Waals surface area contributed by atoms with Crippen LogP contribution in [-0.2, 0) is 0 Å². The summed E-state index contributed by atoms with van der Waals surface area (Å²) in [7, 11) is 4.13. The number of fused-ring (bicyclic) bond motifs is 1. The number of nitrogens with zero attached hydrogens (tertiary/aromatic N) is 2. The van der Waals surface area contributed by atoms with E-state index < -0.39 is 0 Å². The Morgan fingerprint density at radius 1 is 1.17 bits per heavy atom. The smallest absolute Gasteiger partial charge is 0.139 e. The molecule has 120 valence electrons. The molecule has 3 aromatic rings. The van der Waals surface area contributed by atoms with E-state index in [1.165, 1.54) is 0 Å². The Bertz CT molecular complexity index is 777. The van der Waals surface area contributed by atoms with Gasteiger partial charge in [-0.3, -0.25) is 0 Å². The zero-order valence-electron chi connectivity index (χ0n) is 13.5. The predicted molar refractivity (Wildman–Crippen MR) is 94.6 cm³/mol. The number of anilines is 1. The molecule has 0 aliphatic carbocycles. The second-order valence-electron chi connectivity index (χ2n) is 5.89. The number of ether oxygens (including phenoxy) is 1. The Morgan fingerprint density at radius 3 is 2.70 bits per heavy atom. The predicted octanol–water partition coefficient (Wildman–Crippen LogP) is 3.14. The minimum Gasteiger partial charge on any atom is -0.494 e. The van der Waals surface area contributed by atoms with E-state index in [-0.39, 0.29) is 0 Å². The average Bonchev–Trinajstić information content (AvgIpc) is 2.93. The molecule has 0 bridgehead atoms. The van der Waals surface area contributed by atoms with Crippen LogP contribution < -0.4 is 10.5 Å². The van der Waals surface area contributed by atoms with E-state index >= 15 is 0 Å². The summed E-state index contributed by atoms with van der Waals surface area (Å²) >= 11 is 0. The number of aromatic amines is 1. The maximum atomic E-state index is 5.94. The zero-order chi connectivity index (χ0) is 16.2. The number of rotatable bonds is 6. The van der Waals surface area contributed by atoms with Crippen molar-refractivity contribution in [2.24, 2.45) is 0 Å². The Kier molecular flexibility index (Phi) is 4.48. The lowest BCUT2D eigenvalue weighted by atomic mass is 10.1. The molecule has 23 heavy (non-hydrogen) atoms. The summed E-state index contributed by atoms with van der Waals surface area (Å²) in [6.07, 6.45) is 4.64. The second-order valence-corrected chi connectivity index (χ2v) is 5.89. The zero-order valence-corrected chi connectivity index (χ0v) is 13.5. The van der Waals surface area contributed by atoms with Gasteiger partial charge in [-0.25, -0.2) is 4.98 Å². The Morgan fingerprint density at radius 2 is 1.96 bits per heavy atom. The molecule has 0 unspecified atom stereocenters. The van der Waals surface area contributed by atoms with E-state index in [1.54, 1.807) is 6.20 Å². The first-order chi connectivity index (χ1) is 11.1. The monoisotopic (exact) mass is 310 g/mol. The fourth-order valence-corrected chi connectivity index (χ4v) is 2.50. The van der Waals surface area contributed by atoms with Crippen LogP contribution in [0.4, 0.5) is 5.69 Å². The molecule has 2 aromatic heterocycles. The van der Waals surface area contributed by atoms with Crippen molar-refractivity contribution < 1.29 is 4.74 Å². The first kappa shape index (κ1) is 15.4. The molecule has 2 heterocycles. The molecular weight excluding hydrogens is 288 g/mol. The van der Waals surface area contributed by atoms with E-state index in [9.17, 15) is 0 Å². The highest BCUT2D eigenvalue weighted by Gasteiger charge is 2.05. The standard InChI is InChI=1S/C18H22N4O/c1-22(2)8-3-9-23-15-6-4-13(5-7-15)14-10-16-17(19)12-21-18(16)20-11-14/h4-7,10-12H,3,8-9,19H2,1-2H3,(H,20,21). The van der Waals surface area contributed by atoms with Crippen molar-refractivity contribution in [1.29, 1.82) is 0 Å². The summed E-state index contributed by atoms with van der Waals surface area (Å²) in [5.74, 6) is 0.891. The van der Waals surface area contributed by atoms with Gasteiger partial charge < -0.3 is 20.4 Å². The van der Waals surface area contributed by atoms with E-state index in [2.05, 4.69) is 35.0 Å².